The Morgan fingerprint density at radius 3 is 1.48 bits per heavy atom. The molecular formula is C45H86NO7P. The molecule has 0 amide bonds. The summed E-state index contributed by atoms with van der Waals surface area (Å²) in [5, 5.41) is 0. The summed E-state index contributed by atoms with van der Waals surface area (Å²) in [6.07, 6.45) is 48.7. The van der Waals surface area contributed by atoms with Gasteiger partial charge < -0.3 is 20.1 Å². The van der Waals surface area contributed by atoms with Crippen molar-refractivity contribution in [2.45, 2.75) is 213 Å². The highest BCUT2D eigenvalue weighted by Gasteiger charge is 2.25. The van der Waals surface area contributed by atoms with E-state index in [-0.39, 0.29) is 32.3 Å². The van der Waals surface area contributed by atoms with Gasteiger partial charge in [-0.25, -0.2) is 4.57 Å². The van der Waals surface area contributed by atoms with Crippen molar-refractivity contribution in [3.8, 4) is 0 Å². The Morgan fingerprint density at radius 1 is 0.556 bits per heavy atom. The summed E-state index contributed by atoms with van der Waals surface area (Å²) >= 11 is 0. The van der Waals surface area contributed by atoms with Crippen molar-refractivity contribution in [1.82, 2.24) is 0 Å². The van der Waals surface area contributed by atoms with Gasteiger partial charge in [0, 0.05) is 19.6 Å². The summed E-state index contributed by atoms with van der Waals surface area (Å²) < 4.78 is 33.4. The number of rotatable bonds is 43. The number of hydrogen-bond donors (Lipinski definition) is 2. The lowest BCUT2D eigenvalue weighted by molar-refractivity contribution is -0.154. The van der Waals surface area contributed by atoms with Crippen LogP contribution >= 0.6 is 7.82 Å². The SMILES string of the molecule is CCCCCC/C=C\C/C=C\CCCCCCCCOCC(COP(=O)(O)OCCN)OC(=O)CCCCCCCCC/C=C\CCCCCCCCC. The van der Waals surface area contributed by atoms with Crippen LogP contribution in [0.4, 0.5) is 0 Å². The number of allylic oxidation sites excluding steroid dienone is 6. The van der Waals surface area contributed by atoms with Crippen molar-refractivity contribution < 1.29 is 32.8 Å². The van der Waals surface area contributed by atoms with E-state index in [1.165, 1.54) is 135 Å². The zero-order chi connectivity index (χ0) is 39.5. The monoisotopic (exact) mass is 784 g/mol. The Hall–Kier alpha value is -1.28. The van der Waals surface area contributed by atoms with E-state index in [2.05, 4.69) is 50.3 Å². The minimum Gasteiger partial charge on any atom is -0.457 e. The first-order valence-electron chi connectivity index (χ1n) is 22.5. The molecule has 0 aromatic carbocycles. The molecule has 0 aromatic heterocycles. The molecule has 2 atom stereocenters. The quantitative estimate of drug-likeness (QED) is 0.0272. The molecular weight excluding hydrogens is 697 g/mol. The van der Waals surface area contributed by atoms with Crippen LogP contribution < -0.4 is 5.73 Å². The minimum atomic E-state index is -4.28. The second-order valence-electron chi connectivity index (χ2n) is 14.9. The Balaban J connectivity index is 4.03. The van der Waals surface area contributed by atoms with Crippen LogP contribution in [-0.4, -0.2) is 49.9 Å². The number of ether oxygens (including phenoxy) is 2. The Morgan fingerprint density at radius 2 is 0.981 bits per heavy atom. The molecule has 0 aliphatic carbocycles. The van der Waals surface area contributed by atoms with Crippen LogP contribution in [0, 0.1) is 0 Å². The molecule has 0 saturated carbocycles. The van der Waals surface area contributed by atoms with Gasteiger partial charge in [-0.3, -0.25) is 13.8 Å². The maximum atomic E-state index is 12.6. The number of unbranched alkanes of at least 4 members (excludes halogenated alkanes) is 24. The fourth-order valence-electron chi connectivity index (χ4n) is 6.20. The third-order valence-electron chi connectivity index (χ3n) is 9.53. The number of hydrogen-bond acceptors (Lipinski definition) is 7. The van der Waals surface area contributed by atoms with Crippen LogP contribution in [0.1, 0.15) is 206 Å². The van der Waals surface area contributed by atoms with Gasteiger partial charge in [0.15, 0.2) is 0 Å². The van der Waals surface area contributed by atoms with Crippen molar-refractivity contribution in [1.29, 1.82) is 0 Å². The van der Waals surface area contributed by atoms with Crippen LogP contribution in [0.15, 0.2) is 36.5 Å². The van der Waals surface area contributed by atoms with Crippen molar-refractivity contribution in [2.24, 2.45) is 5.73 Å². The predicted octanol–water partition coefficient (Wildman–Crippen LogP) is 13.4. The molecule has 0 rings (SSSR count). The molecule has 9 heteroatoms. The molecule has 318 valence electrons. The van der Waals surface area contributed by atoms with E-state index in [0.29, 0.717) is 13.0 Å². The first kappa shape index (κ1) is 52.7. The molecule has 0 bridgehead atoms. The molecule has 0 saturated heterocycles. The summed E-state index contributed by atoms with van der Waals surface area (Å²) in [6, 6.07) is 0. The molecule has 3 N–H and O–H groups in total. The highest BCUT2D eigenvalue weighted by molar-refractivity contribution is 7.47. The molecule has 0 fully saturated rings. The number of carbonyl (C=O) groups excluding carboxylic acids is 1. The van der Waals surface area contributed by atoms with E-state index in [1.54, 1.807) is 0 Å². The lowest BCUT2D eigenvalue weighted by Gasteiger charge is -2.20. The van der Waals surface area contributed by atoms with Crippen molar-refractivity contribution in [3.05, 3.63) is 36.5 Å². The van der Waals surface area contributed by atoms with Gasteiger partial charge in [-0.2, -0.15) is 0 Å². The molecule has 0 aromatic rings. The average Bonchev–Trinajstić information content (AvgIpc) is 3.16. The molecule has 0 aliphatic rings. The highest BCUT2D eigenvalue weighted by Crippen LogP contribution is 2.43. The second-order valence-corrected chi connectivity index (χ2v) is 16.4. The van der Waals surface area contributed by atoms with Gasteiger partial charge in [0.25, 0.3) is 0 Å². The molecule has 8 nitrogen and oxygen atoms in total. The summed E-state index contributed by atoms with van der Waals surface area (Å²) in [7, 11) is -4.28. The number of carbonyl (C=O) groups is 1. The van der Waals surface area contributed by atoms with Crippen molar-refractivity contribution in [3.63, 3.8) is 0 Å². The van der Waals surface area contributed by atoms with Gasteiger partial charge >= 0.3 is 13.8 Å². The standard InChI is InChI=1S/C45H86NO7P/c1-3-5-7-9-11-13-15-17-19-21-22-24-26-28-30-32-34-36-38-45(47)53-44(43-52-54(48,49)51-41-39-46)42-50-40-37-35-33-31-29-27-25-23-20-18-16-14-12-10-8-6-4-2/h14,16,19-21,23,44H,3-13,15,17-18,22,24-43,46H2,1-2H3,(H,48,49)/b16-14-,21-19-,23-20-. The van der Waals surface area contributed by atoms with Gasteiger partial charge in [-0.15, -0.1) is 0 Å². The molecule has 0 spiro atoms. The number of esters is 1. The van der Waals surface area contributed by atoms with E-state index in [1.807, 2.05) is 0 Å². The van der Waals surface area contributed by atoms with Crippen LogP contribution in [0.3, 0.4) is 0 Å². The van der Waals surface area contributed by atoms with Crippen molar-refractivity contribution >= 4 is 13.8 Å². The Kier molecular flexibility index (Phi) is 41.8. The maximum Gasteiger partial charge on any atom is 0.472 e. The van der Waals surface area contributed by atoms with Crippen LogP contribution in [-0.2, 0) is 27.9 Å². The second kappa shape index (κ2) is 42.9. The smallest absolute Gasteiger partial charge is 0.457 e. The van der Waals surface area contributed by atoms with Crippen LogP contribution in [0.25, 0.3) is 0 Å². The molecule has 2 unspecified atom stereocenters. The molecule has 0 heterocycles. The maximum absolute atomic E-state index is 12.6. The predicted molar refractivity (Wildman–Crippen MR) is 229 cm³/mol. The number of phosphoric acid groups is 1. The fraction of sp³-hybridized carbons (Fsp3) is 0.844. The van der Waals surface area contributed by atoms with E-state index >= 15 is 0 Å². The van der Waals surface area contributed by atoms with Gasteiger partial charge in [-0.1, -0.05) is 166 Å². The van der Waals surface area contributed by atoms with E-state index in [9.17, 15) is 14.3 Å². The molecule has 54 heavy (non-hydrogen) atoms. The van der Waals surface area contributed by atoms with E-state index < -0.39 is 13.9 Å². The first-order valence-corrected chi connectivity index (χ1v) is 24.0. The number of phosphoric ester groups is 1. The summed E-state index contributed by atoms with van der Waals surface area (Å²) in [4.78, 5) is 22.5. The summed E-state index contributed by atoms with van der Waals surface area (Å²) in [5.41, 5.74) is 5.37. The molecule has 0 radical (unpaired) electrons. The van der Waals surface area contributed by atoms with Crippen molar-refractivity contribution in [2.75, 3.05) is 33.0 Å². The largest absolute Gasteiger partial charge is 0.472 e. The topological polar surface area (TPSA) is 117 Å². The normalized spacial score (nSPS) is 13.8. The average molecular weight is 784 g/mol. The third kappa shape index (κ3) is 41.9. The third-order valence-corrected chi connectivity index (χ3v) is 10.5. The van der Waals surface area contributed by atoms with Gasteiger partial charge in [0.1, 0.15) is 6.10 Å². The lowest BCUT2D eigenvalue weighted by Crippen LogP contribution is -2.28. The Labute approximate surface area is 333 Å². The van der Waals surface area contributed by atoms with Gasteiger partial charge in [-0.05, 0) is 70.6 Å². The summed E-state index contributed by atoms with van der Waals surface area (Å²) in [5.74, 6) is -0.338. The van der Waals surface area contributed by atoms with E-state index in [0.717, 1.165) is 51.4 Å². The van der Waals surface area contributed by atoms with Gasteiger partial charge in [0.2, 0.25) is 0 Å². The fourth-order valence-corrected chi connectivity index (χ4v) is 6.96. The highest BCUT2D eigenvalue weighted by atomic mass is 31.2. The van der Waals surface area contributed by atoms with E-state index in [4.69, 9.17) is 24.3 Å². The minimum absolute atomic E-state index is 0.0976. The van der Waals surface area contributed by atoms with Gasteiger partial charge in [0.05, 0.1) is 19.8 Å². The van der Waals surface area contributed by atoms with Crippen LogP contribution in [0.5, 0.6) is 0 Å². The Bertz CT molecular complexity index is 926. The van der Waals surface area contributed by atoms with Crippen LogP contribution in [0.2, 0.25) is 0 Å². The summed E-state index contributed by atoms with van der Waals surface area (Å²) in [6.45, 7) is 4.89. The first-order chi connectivity index (χ1) is 26.4. The zero-order valence-corrected chi connectivity index (χ0v) is 36.1. The molecule has 0 aliphatic heterocycles. The zero-order valence-electron chi connectivity index (χ0n) is 35.2. The number of nitrogens with two attached hydrogens (primary N) is 1. The lowest BCUT2D eigenvalue weighted by atomic mass is 10.1.